The van der Waals surface area contributed by atoms with E-state index in [0.717, 1.165) is 5.56 Å². The molecule has 0 unspecified atom stereocenters. The Bertz CT molecular complexity index is 855. The third-order valence-electron chi connectivity index (χ3n) is 3.32. The first-order chi connectivity index (χ1) is 12.2. The Morgan fingerprint density at radius 2 is 2.00 bits per heavy atom. The van der Waals surface area contributed by atoms with Crippen molar-refractivity contribution < 1.29 is 9.53 Å². The van der Waals surface area contributed by atoms with Gasteiger partial charge < -0.3 is 15.8 Å². The van der Waals surface area contributed by atoms with Crippen molar-refractivity contribution in [1.82, 2.24) is 10.2 Å². The number of nitrogens with zero attached hydrogens (tertiary/aromatic N) is 2. The lowest BCUT2D eigenvalue weighted by Crippen LogP contribution is -2.19. The predicted octanol–water partition coefficient (Wildman–Crippen LogP) is 3.60. The Labute approximate surface area is 153 Å². The van der Waals surface area contributed by atoms with Gasteiger partial charge in [-0.15, -0.1) is 10.2 Å². The van der Waals surface area contributed by atoms with E-state index >= 15 is 0 Å². The van der Waals surface area contributed by atoms with Crippen LogP contribution in [0.3, 0.4) is 0 Å². The highest BCUT2D eigenvalue weighted by molar-refractivity contribution is 8.02. The smallest absolute Gasteiger partial charge is 0.242 e. The standard InChI is InChI=1S/C17H16N4O2S2/c1-23-13-9-5-8-12(10-13)19-15(22)14(11-6-3-2-4-7-11)24-17-21-20-16(18)25-17/h2-10,14H,1H3,(H2,18,20)(H,19,22)/t14-/m0/s1. The number of methoxy groups -OCH3 is 1. The molecule has 8 heteroatoms. The molecule has 1 atom stereocenters. The molecule has 0 aliphatic carbocycles. The van der Waals surface area contributed by atoms with E-state index in [9.17, 15) is 4.79 Å². The summed E-state index contributed by atoms with van der Waals surface area (Å²) in [5.74, 6) is 0.525. The van der Waals surface area contributed by atoms with Crippen molar-refractivity contribution in [3.63, 3.8) is 0 Å². The van der Waals surface area contributed by atoms with Crippen LogP contribution in [-0.2, 0) is 4.79 Å². The number of anilines is 2. The van der Waals surface area contributed by atoms with Crippen LogP contribution in [0.1, 0.15) is 10.8 Å². The topological polar surface area (TPSA) is 90.1 Å². The molecule has 0 saturated carbocycles. The van der Waals surface area contributed by atoms with Crippen LogP contribution >= 0.6 is 23.1 Å². The number of rotatable bonds is 6. The molecule has 1 amide bonds. The number of carbonyl (C=O) groups is 1. The molecule has 0 bridgehead atoms. The van der Waals surface area contributed by atoms with Gasteiger partial charge in [-0.2, -0.15) is 0 Å². The number of thioether (sulfide) groups is 1. The minimum absolute atomic E-state index is 0.154. The van der Waals surface area contributed by atoms with Crippen LogP contribution in [0.15, 0.2) is 58.9 Å². The van der Waals surface area contributed by atoms with Gasteiger partial charge in [-0.05, 0) is 17.7 Å². The van der Waals surface area contributed by atoms with Crippen molar-refractivity contribution in [3.8, 4) is 5.75 Å². The Morgan fingerprint density at radius 3 is 2.68 bits per heavy atom. The number of amides is 1. The summed E-state index contributed by atoms with van der Waals surface area (Å²) in [6, 6.07) is 16.8. The Kier molecular flexibility index (Phi) is 5.52. The SMILES string of the molecule is COc1cccc(NC(=O)[C@@H](Sc2nnc(N)s2)c2ccccc2)c1. The van der Waals surface area contributed by atoms with Crippen LogP contribution in [0.2, 0.25) is 0 Å². The highest BCUT2D eigenvalue weighted by Gasteiger charge is 2.24. The van der Waals surface area contributed by atoms with E-state index in [4.69, 9.17) is 10.5 Å². The Morgan fingerprint density at radius 1 is 1.20 bits per heavy atom. The van der Waals surface area contributed by atoms with E-state index in [1.807, 2.05) is 48.5 Å². The average molecular weight is 372 g/mol. The summed E-state index contributed by atoms with van der Waals surface area (Å²) in [4.78, 5) is 12.9. The molecule has 0 aliphatic rings. The van der Waals surface area contributed by atoms with E-state index in [1.54, 1.807) is 13.2 Å². The van der Waals surface area contributed by atoms with Gasteiger partial charge in [0, 0.05) is 11.8 Å². The number of aromatic nitrogens is 2. The second kappa shape index (κ2) is 8.00. The maximum Gasteiger partial charge on any atom is 0.242 e. The van der Waals surface area contributed by atoms with Gasteiger partial charge in [0.15, 0.2) is 4.34 Å². The molecule has 0 fully saturated rings. The second-order valence-corrected chi connectivity index (χ2v) is 7.40. The summed E-state index contributed by atoms with van der Waals surface area (Å²) >= 11 is 2.58. The van der Waals surface area contributed by atoms with Crippen LogP contribution in [-0.4, -0.2) is 23.2 Å². The molecule has 0 spiro atoms. The van der Waals surface area contributed by atoms with Crippen LogP contribution in [0.4, 0.5) is 10.8 Å². The first kappa shape index (κ1) is 17.2. The summed E-state index contributed by atoms with van der Waals surface area (Å²) in [5.41, 5.74) is 7.19. The van der Waals surface area contributed by atoms with Gasteiger partial charge >= 0.3 is 0 Å². The molecular formula is C17H16N4O2S2. The maximum atomic E-state index is 12.9. The zero-order chi connectivity index (χ0) is 17.6. The molecule has 25 heavy (non-hydrogen) atoms. The molecular weight excluding hydrogens is 356 g/mol. The quantitative estimate of drug-likeness (QED) is 0.643. The molecule has 128 valence electrons. The Hall–Kier alpha value is -2.58. The third kappa shape index (κ3) is 4.49. The van der Waals surface area contributed by atoms with Gasteiger partial charge in [0.05, 0.1) is 7.11 Å². The number of hydrogen-bond acceptors (Lipinski definition) is 7. The molecule has 6 nitrogen and oxygen atoms in total. The number of benzene rings is 2. The van der Waals surface area contributed by atoms with Crippen molar-refractivity contribution in [3.05, 3.63) is 60.2 Å². The number of nitrogens with one attached hydrogen (secondary N) is 1. The lowest BCUT2D eigenvalue weighted by molar-refractivity contribution is -0.115. The van der Waals surface area contributed by atoms with Crippen molar-refractivity contribution >= 4 is 39.8 Å². The van der Waals surface area contributed by atoms with Gasteiger partial charge in [0.2, 0.25) is 11.0 Å². The number of nitrogens with two attached hydrogens (primary N) is 1. The molecule has 3 rings (SSSR count). The summed E-state index contributed by atoms with van der Waals surface area (Å²) in [6.07, 6.45) is 0. The fourth-order valence-electron chi connectivity index (χ4n) is 2.18. The largest absolute Gasteiger partial charge is 0.497 e. The predicted molar refractivity (Wildman–Crippen MR) is 101 cm³/mol. The van der Waals surface area contributed by atoms with Gasteiger partial charge in [-0.3, -0.25) is 4.79 Å². The van der Waals surface area contributed by atoms with Gasteiger partial charge in [-0.1, -0.05) is 59.5 Å². The second-order valence-electron chi connectivity index (χ2n) is 5.04. The van der Waals surface area contributed by atoms with Crippen LogP contribution < -0.4 is 15.8 Å². The molecule has 2 aromatic carbocycles. The van der Waals surface area contributed by atoms with Crippen molar-refractivity contribution in [2.45, 2.75) is 9.59 Å². The van der Waals surface area contributed by atoms with Crippen LogP contribution in [0, 0.1) is 0 Å². The minimum Gasteiger partial charge on any atom is -0.497 e. The fourth-order valence-corrected chi connectivity index (χ4v) is 4.01. The minimum atomic E-state index is -0.472. The van der Waals surface area contributed by atoms with Crippen molar-refractivity contribution in [2.24, 2.45) is 0 Å². The molecule has 3 aromatic rings. The van der Waals surface area contributed by atoms with E-state index in [0.29, 0.717) is 20.9 Å². The monoisotopic (exact) mass is 372 g/mol. The zero-order valence-corrected chi connectivity index (χ0v) is 15.0. The number of ether oxygens (including phenoxy) is 1. The van der Waals surface area contributed by atoms with E-state index in [-0.39, 0.29) is 5.91 Å². The molecule has 0 aliphatic heterocycles. The maximum absolute atomic E-state index is 12.9. The highest BCUT2D eigenvalue weighted by atomic mass is 32.2. The Balaban J connectivity index is 1.83. The average Bonchev–Trinajstić information content (AvgIpc) is 3.05. The molecule has 0 radical (unpaired) electrons. The lowest BCUT2D eigenvalue weighted by atomic mass is 10.1. The molecule has 0 saturated heterocycles. The van der Waals surface area contributed by atoms with Crippen molar-refractivity contribution in [1.29, 1.82) is 0 Å². The van der Waals surface area contributed by atoms with Gasteiger partial charge in [0.1, 0.15) is 11.0 Å². The van der Waals surface area contributed by atoms with Gasteiger partial charge in [0.25, 0.3) is 0 Å². The van der Waals surface area contributed by atoms with Crippen LogP contribution in [0.25, 0.3) is 0 Å². The first-order valence-corrected chi connectivity index (χ1v) is 9.11. The zero-order valence-electron chi connectivity index (χ0n) is 13.4. The third-order valence-corrected chi connectivity index (χ3v) is 5.41. The van der Waals surface area contributed by atoms with Crippen LogP contribution in [0.5, 0.6) is 5.75 Å². The number of hydrogen-bond donors (Lipinski definition) is 2. The van der Waals surface area contributed by atoms with Crippen molar-refractivity contribution in [2.75, 3.05) is 18.2 Å². The highest BCUT2D eigenvalue weighted by Crippen LogP contribution is 2.38. The first-order valence-electron chi connectivity index (χ1n) is 7.41. The van der Waals surface area contributed by atoms with E-state index in [2.05, 4.69) is 15.5 Å². The summed E-state index contributed by atoms with van der Waals surface area (Å²) in [5, 5.41) is 10.6. The van der Waals surface area contributed by atoms with E-state index < -0.39 is 5.25 Å². The molecule has 1 heterocycles. The molecule has 3 N–H and O–H groups in total. The lowest BCUT2D eigenvalue weighted by Gasteiger charge is -2.16. The fraction of sp³-hybridized carbons (Fsp3) is 0.118. The normalized spacial score (nSPS) is 11.7. The summed E-state index contributed by atoms with van der Waals surface area (Å²) in [7, 11) is 1.59. The van der Waals surface area contributed by atoms with Gasteiger partial charge in [-0.25, -0.2) is 0 Å². The molecule has 1 aromatic heterocycles. The number of carbonyl (C=O) groups excluding carboxylic acids is 1. The summed E-state index contributed by atoms with van der Waals surface area (Å²) in [6.45, 7) is 0. The summed E-state index contributed by atoms with van der Waals surface area (Å²) < 4.78 is 5.84. The number of nitrogen functional groups attached to an aromatic ring is 1. The van der Waals surface area contributed by atoms with E-state index in [1.165, 1.54) is 23.1 Å².